The van der Waals surface area contributed by atoms with Crippen LogP contribution in [0.1, 0.15) is 26.3 Å². The van der Waals surface area contributed by atoms with Crippen molar-refractivity contribution in [2.45, 2.75) is 6.92 Å². The molecule has 0 saturated heterocycles. The molecule has 28 heavy (non-hydrogen) atoms. The van der Waals surface area contributed by atoms with Crippen molar-refractivity contribution < 1.29 is 14.0 Å². The zero-order chi connectivity index (χ0) is 19.9. The van der Waals surface area contributed by atoms with Crippen LogP contribution in [0.3, 0.4) is 0 Å². The molecule has 0 aromatic heterocycles. The summed E-state index contributed by atoms with van der Waals surface area (Å²) in [5, 5.41) is 2.83. The van der Waals surface area contributed by atoms with Gasteiger partial charge in [-0.25, -0.2) is 4.39 Å². The fourth-order valence-electron chi connectivity index (χ4n) is 2.79. The number of amides is 2. The highest BCUT2D eigenvalue weighted by atomic mass is 19.1. The van der Waals surface area contributed by atoms with E-state index in [1.54, 1.807) is 48.5 Å². The molecule has 0 fully saturated rings. The number of anilines is 1. The van der Waals surface area contributed by atoms with Gasteiger partial charge in [-0.1, -0.05) is 35.9 Å². The molecule has 0 heterocycles. The van der Waals surface area contributed by atoms with Crippen LogP contribution in [-0.4, -0.2) is 24.9 Å². The monoisotopic (exact) mass is 376 g/mol. The van der Waals surface area contributed by atoms with Crippen LogP contribution in [-0.2, 0) is 0 Å². The SMILES string of the molecule is Cc1ccc(C(=O)NCCN(C(=O)c2ccccc2)c2ccc(F)cc2)cc1. The van der Waals surface area contributed by atoms with Gasteiger partial charge >= 0.3 is 0 Å². The van der Waals surface area contributed by atoms with Gasteiger partial charge in [0.05, 0.1) is 0 Å². The molecule has 0 aliphatic carbocycles. The van der Waals surface area contributed by atoms with Gasteiger partial charge in [0.15, 0.2) is 0 Å². The number of halogens is 1. The van der Waals surface area contributed by atoms with Gasteiger partial charge in [0, 0.05) is 29.9 Å². The fourth-order valence-corrected chi connectivity index (χ4v) is 2.79. The van der Waals surface area contributed by atoms with E-state index in [2.05, 4.69) is 5.32 Å². The van der Waals surface area contributed by atoms with Crippen LogP contribution < -0.4 is 10.2 Å². The van der Waals surface area contributed by atoms with Gasteiger partial charge in [0.25, 0.3) is 11.8 Å². The largest absolute Gasteiger partial charge is 0.350 e. The van der Waals surface area contributed by atoms with Gasteiger partial charge in [-0.3, -0.25) is 9.59 Å². The molecule has 3 aromatic carbocycles. The summed E-state index contributed by atoms with van der Waals surface area (Å²) in [4.78, 5) is 26.8. The second-order valence-corrected chi connectivity index (χ2v) is 6.42. The maximum atomic E-state index is 13.3. The Kier molecular flexibility index (Phi) is 6.17. The van der Waals surface area contributed by atoms with Gasteiger partial charge in [-0.05, 0) is 55.5 Å². The van der Waals surface area contributed by atoms with Crippen molar-refractivity contribution in [2.24, 2.45) is 0 Å². The quantitative estimate of drug-likeness (QED) is 0.701. The Bertz CT molecular complexity index is 939. The molecule has 0 aliphatic rings. The summed E-state index contributed by atoms with van der Waals surface area (Å²) in [6.07, 6.45) is 0. The van der Waals surface area contributed by atoms with E-state index in [1.807, 2.05) is 25.1 Å². The highest BCUT2D eigenvalue weighted by Gasteiger charge is 2.18. The third kappa shape index (κ3) is 4.82. The molecule has 0 unspecified atom stereocenters. The lowest BCUT2D eigenvalue weighted by Gasteiger charge is -2.23. The molecule has 0 atom stereocenters. The van der Waals surface area contributed by atoms with Crippen LogP contribution in [0.15, 0.2) is 78.9 Å². The summed E-state index contributed by atoms with van der Waals surface area (Å²) in [7, 11) is 0. The normalized spacial score (nSPS) is 10.4. The van der Waals surface area contributed by atoms with Gasteiger partial charge in [0.2, 0.25) is 0 Å². The predicted molar refractivity (Wildman–Crippen MR) is 108 cm³/mol. The summed E-state index contributed by atoms with van der Waals surface area (Å²) >= 11 is 0. The third-order valence-corrected chi connectivity index (χ3v) is 4.34. The summed E-state index contributed by atoms with van der Waals surface area (Å²) in [5.74, 6) is -0.786. The predicted octanol–water partition coefficient (Wildman–Crippen LogP) is 4.21. The minimum atomic E-state index is -0.372. The number of hydrogen-bond donors (Lipinski definition) is 1. The highest BCUT2D eigenvalue weighted by molar-refractivity contribution is 6.06. The first kappa shape index (κ1) is 19.3. The van der Waals surface area contributed by atoms with Crippen molar-refractivity contribution in [1.82, 2.24) is 5.32 Å². The lowest BCUT2D eigenvalue weighted by molar-refractivity contribution is 0.0943. The second kappa shape index (κ2) is 8.95. The molecule has 0 spiro atoms. The van der Waals surface area contributed by atoms with E-state index < -0.39 is 0 Å². The first-order valence-electron chi connectivity index (χ1n) is 9.02. The number of rotatable bonds is 6. The molecule has 4 nitrogen and oxygen atoms in total. The molecule has 0 radical (unpaired) electrons. The van der Waals surface area contributed by atoms with Crippen LogP contribution in [0, 0.1) is 12.7 Å². The highest BCUT2D eigenvalue weighted by Crippen LogP contribution is 2.17. The van der Waals surface area contributed by atoms with Crippen molar-refractivity contribution in [1.29, 1.82) is 0 Å². The summed E-state index contributed by atoms with van der Waals surface area (Å²) in [5.41, 5.74) is 2.73. The average Bonchev–Trinajstić information content (AvgIpc) is 2.72. The Labute approximate surface area is 163 Å². The number of hydrogen-bond acceptors (Lipinski definition) is 2. The van der Waals surface area contributed by atoms with Crippen molar-refractivity contribution in [2.75, 3.05) is 18.0 Å². The Morgan fingerprint density at radius 1 is 0.857 bits per heavy atom. The smallest absolute Gasteiger partial charge is 0.258 e. The summed E-state index contributed by atoms with van der Waals surface area (Å²) < 4.78 is 13.3. The van der Waals surface area contributed by atoms with Crippen LogP contribution in [0.25, 0.3) is 0 Å². The maximum absolute atomic E-state index is 13.3. The first-order chi connectivity index (χ1) is 13.5. The lowest BCUT2D eigenvalue weighted by Crippen LogP contribution is -2.38. The molecule has 0 aliphatic heterocycles. The van der Waals surface area contributed by atoms with E-state index in [0.717, 1.165) is 5.56 Å². The van der Waals surface area contributed by atoms with Gasteiger partial charge in [-0.2, -0.15) is 0 Å². The molecule has 0 bridgehead atoms. The Morgan fingerprint density at radius 3 is 2.14 bits per heavy atom. The van der Waals surface area contributed by atoms with Gasteiger partial charge in [0.1, 0.15) is 5.82 Å². The van der Waals surface area contributed by atoms with Crippen LogP contribution in [0.2, 0.25) is 0 Å². The Hall–Kier alpha value is -3.47. The van der Waals surface area contributed by atoms with Crippen LogP contribution in [0.5, 0.6) is 0 Å². The van der Waals surface area contributed by atoms with Gasteiger partial charge in [-0.15, -0.1) is 0 Å². The second-order valence-electron chi connectivity index (χ2n) is 6.42. The Balaban J connectivity index is 1.72. The molecule has 3 rings (SSSR count). The molecule has 1 N–H and O–H groups in total. The molecule has 142 valence electrons. The molecule has 5 heteroatoms. The number of aryl methyl sites for hydroxylation is 1. The van der Waals surface area contributed by atoms with Crippen molar-refractivity contribution in [3.8, 4) is 0 Å². The van der Waals surface area contributed by atoms with Crippen molar-refractivity contribution in [3.63, 3.8) is 0 Å². The topological polar surface area (TPSA) is 49.4 Å². The molecular weight excluding hydrogens is 355 g/mol. The van der Waals surface area contributed by atoms with E-state index >= 15 is 0 Å². The van der Waals surface area contributed by atoms with E-state index in [9.17, 15) is 14.0 Å². The molecule has 2 amide bonds. The minimum absolute atomic E-state index is 0.203. The third-order valence-electron chi connectivity index (χ3n) is 4.34. The summed E-state index contributed by atoms with van der Waals surface area (Å²) in [6.45, 7) is 2.48. The van der Waals surface area contributed by atoms with E-state index in [-0.39, 0.29) is 30.7 Å². The van der Waals surface area contributed by atoms with Crippen molar-refractivity contribution >= 4 is 17.5 Å². The molecule has 3 aromatic rings. The Morgan fingerprint density at radius 2 is 1.50 bits per heavy atom. The van der Waals surface area contributed by atoms with Gasteiger partial charge < -0.3 is 10.2 Å². The average molecular weight is 376 g/mol. The number of carbonyl (C=O) groups excluding carboxylic acids is 2. The zero-order valence-electron chi connectivity index (χ0n) is 15.6. The number of carbonyl (C=O) groups is 2. The van der Waals surface area contributed by atoms with Crippen LogP contribution in [0.4, 0.5) is 10.1 Å². The standard InChI is InChI=1S/C23H21FN2O2/c1-17-7-9-18(10-8-17)22(27)25-15-16-26(21-13-11-20(24)12-14-21)23(28)19-5-3-2-4-6-19/h2-14H,15-16H2,1H3,(H,25,27). The van der Waals surface area contributed by atoms with E-state index in [0.29, 0.717) is 16.8 Å². The minimum Gasteiger partial charge on any atom is -0.350 e. The number of nitrogens with zero attached hydrogens (tertiary/aromatic N) is 1. The molecular formula is C23H21FN2O2. The van der Waals surface area contributed by atoms with E-state index in [1.165, 1.54) is 17.0 Å². The summed E-state index contributed by atoms with van der Waals surface area (Å²) in [6, 6.07) is 21.9. The van der Waals surface area contributed by atoms with Crippen LogP contribution >= 0.6 is 0 Å². The zero-order valence-corrected chi connectivity index (χ0v) is 15.6. The first-order valence-corrected chi connectivity index (χ1v) is 9.02. The molecule has 0 saturated carbocycles. The lowest BCUT2D eigenvalue weighted by atomic mass is 10.1. The fraction of sp³-hybridized carbons (Fsp3) is 0.130. The van der Waals surface area contributed by atoms with Crippen molar-refractivity contribution in [3.05, 3.63) is 101 Å². The number of nitrogens with one attached hydrogen (secondary N) is 1. The number of benzene rings is 3. The van der Waals surface area contributed by atoms with E-state index in [4.69, 9.17) is 0 Å². The maximum Gasteiger partial charge on any atom is 0.258 e.